The van der Waals surface area contributed by atoms with Gasteiger partial charge in [-0.05, 0) is 36.4 Å². The van der Waals surface area contributed by atoms with Crippen LogP contribution < -0.4 is 10.2 Å². The van der Waals surface area contributed by atoms with E-state index in [-0.39, 0.29) is 17.7 Å². The van der Waals surface area contributed by atoms with E-state index in [4.69, 9.17) is 4.74 Å². The summed E-state index contributed by atoms with van der Waals surface area (Å²) in [5, 5.41) is 2.84. The highest BCUT2D eigenvalue weighted by atomic mass is 16.5. The monoisotopic (exact) mass is 365 g/mol. The van der Waals surface area contributed by atoms with E-state index in [2.05, 4.69) is 5.32 Å². The van der Waals surface area contributed by atoms with E-state index in [1.807, 2.05) is 4.90 Å². The Kier molecular flexibility index (Phi) is 4.70. The first-order chi connectivity index (χ1) is 13.1. The summed E-state index contributed by atoms with van der Waals surface area (Å²) in [6, 6.07) is 13.5. The van der Waals surface area contributed by atoms with Crippen molar-refractivity contribution in [1.29, 1.82) is 0 Å². The average Bonchev–Trinajstić information content (AvgIpc) is 2.94. The minimum atomic E-state index is -0.334. The van der Waals surface area contributed by atoms with Gasteiger partial charge in [-0.25, -0.2) is 4.90 Å². The van der Waals surface area contributed by atoms with E-state index in [1.54, 1.807) is 48.5 Å². The molecule has 1 fully saturated rings. The molecule has 1 saturated heterocycles. The third kappa shape index (κ3) is 3.47. The molecule has 2 heterocycles. The molecular formula is C20H19N3O4. The maximum absolute atomic E-state index is 12.5. The highest BCUT2D eigenvalue weighted by Crippen LogP contribution is 2.28. The number of ether oxygens (including phenoxy) is 1. The van der Waals surface area contributed by atoms with Crippen LogP contribution in [0.1, 0.15) is 20.7 Å². The number of morpholine rings is 1. The number of imide groups is 1. The third-order valence-corrected chi connectivity index (χ3v) is 4.67. The molecule has 0 spiro atoms. The number of fused-ring (bicyclic) bond motifs is 1. The molecule has 4 rings (SSSR count). The Morgan fingerprint density at radius 3 is 2.11 bits per heavy atom. The van der Waals surface area contributed by atoms with Crippen LogP contribution in [0.5, 0.6) is 0 Å². The predicted octanol–water partition coefficient (Wildman–Crippen LogP) is 1.76. The van der Waals surface area contributed by atoms with Gasteiger partial charge in [0.15, 0.2) is 0 Å². The number of nitrogens with one attached hydrogen (secondary N) is 1. The van der Waals surface area contributed by atoms with Gasteiger partial charge in [-0.15, -0.1) is 0 Å². The zero-order chi connectivity index (χ0) is 18.8. The van der Waals surface area contributed by atoms with Crippen LogP contribution >= 0.6 is 0 Å². The van der Waals surface area contributed by atoms with Crippen LogP contribution in [-0.4, -0.2) is 55.5 Å². The van der Waals surface area contributed by atoms with Gasteiger partial charge in [-0.3, -0.25) is 19.3 Å². The van der Waals surface area contributed by atoms with Gasteiger partial charge in [-0.2, -0.15) is 0 Å². The topological polar surface area (TPSA) is 79.0 Å². The molecule has 1 N–H and O–H groups in total. The number of carbonyl (C=O) groups is 3. The number of amides is 3. The summed E-state index contributed by atoms with van der Waals surface area (Å²) in [6.07, 6.45) is 0. The Morgan fingerprint density at radius 1 is 0.926 bits per heavy atom. The van der Waals surface area contributed by atoms with Gasteiger partial charge in [0.2, 0.25) is 5.91 Å². The second-order valence-corrected chi connectivity index (χ2v) is 6.47. The fraction of sp³-hybridized carbons (Fsp3) is 0.250. The van der Waals surface area contributed by atoms with Crippen molar-refractivity contribution in [2.75, 3.05) is 43.1 Å². The highest BCUT2D eigenvalue weighted by Gasteiger charge is 2.36. The Bertz CT molecular complexity index is 853. The van der Waals surface area contributed by atoms with Crippen LogP contribution in [0.4, 0.5) is 11.4 Å². The molecule has 0 bridgehead atoms. The number of nitrogens with zero attached hydrogens (tertiary/aromatic N) is 2. The van der Waals surface area contributed by atoms with Crippen molar-refractivity contribution in [2.45, 2.75) is 0 Å². The summed E-state index contributed by atoms with van der Waals surface area (Å²) in [4.78, 5) is 40.4. The van der Waals surface area contributed by atoms with Crippen LogP contribution in [0, 0.1) is 0 Å². The van der Waals surface area contributed by atoms with E-state index in [9.17, 15) is 14.4 Å². The van der Waals surface area contributed by atoms with E-state index in [0.717, 1.165) is 18.0 Å². The Hall–Kier alpha value is -3.03. The molecule has 0 aliphatic carbocycles. The van der Waals surface area contributed by atoms with Gasteiger partial charge < -0.3 is 10.1 Å². The quantitative estimate of drug-likeness (QED) is 0.836. The number of anilines is 2. The van der Waals surface area contributed by atoms with E-state index >= 15 is 0 Å². The Labute approximate surface area is 156 Å². The van der Waals surface area contributed by atoms with Crippen molar-refractivity contribution in [3.63, 3.8) is 0 Å². The molecule has 0 atom stereocenters. The van der Waals surface area contributed by atoms with Crippen molar-refractivity contribution < 1.29 is 19.1 Å². The predicted molar refractivity (Wildman–Crippen MR) is 99.9 cm³/mol. The molecular weight excluding hydrogens is 346 g/mol. The largest absolute Gasteiger partial charge is 0.379 e. The molecule has 7 nitrogen and oxygen atoms in total. The molecule has 0 aromatic heterocycles. The SMILES string of the molecule is O=C(CN1CCOCC1)Nc1ccc(N2C(=O)c3ccccc3C2=O)cc1. The fourth-order valence-electron chi connectivity index (χ4n) is 3.28. The van der Waals surface area contributed by atoms with Crippen LogP contribution in [0.25, 0.3) is 0 Å². The Morgan fingerprint density at radius 2 is 1.52 bits per heavy atom. The van der Waals surface area contributed by atoms with Gasteiger partial charge >= 0.3 is 0 Å². The molecule has 2 aromatic carbocycles. The zero-order valence-electron chi connectivity index (χ0n) is 14.7. The van der Waals surface area contributed by atoms with E-state index < -0.39 is 0 Å². The van der Waals surface area contributed by atoms with Crippen molar-refractivity contribution in [3.05, 3.63) is 59.7 Å². The standard InChI is InChI=1S/C20H19N3O4/c24-18(13-22-9-11-27-12-10-22)21-14-5-7-15(8-6-14)23-19(25)16-3-1-2-4-17(16)20(23)26/h1-8H,9-13H2,(H,21,24). The lowest BCUT2D eigenvalue weighted by molar-refractivity contribution is -0.118. The number of benzene rings is 2. The highest BCUT2D eigenvalue weighted by molar-refractivity contribution is 6.34. The second kappa shape index (κ2) is 7.30. The van der Waals surface area contributed by atoms with Crippen molar-refractivity contribution >= 4 is 29.1 Å². The lowest BCUT2D eigenvalue weighted by atomic mass is 10.1. The molecule has 7 heteroatoms. The van der Waals surface area contributed by atoms with Crippen LogP contribution in [-0.2, 0) is 9.53 Å². The molecule has 0 radical (unpaired) electrons. The van der Waals surface area contributed by atoms with Crippen molar-refractivity contribution in [3.8, 4) is 0 Å². The summed E-state index contributed by atoms with van der Waals surface area (Å²) in [5.41, 5.74) is 1.91. The Balaban J connectivity index is 1.43. The first-order valence-electron chi connectivity index (χ1n) is 8.81. The number of carbonyl (C=O) groups excluding carboxylic acids is 3. The second-order valence-electron chi connectivity index (χ2n) is 6.47. The summed E-state index contributed by atoms with van der Waals surface area (Å²) in [7, 11) is 0. The summed E-state index contributed by atoms with van der Waals surface area (Å²) >= 11 is 0. The average molecular weight is 365 g/mol. The van der Waals surface area contributed by atoms with Gasteiger partial charge in [-0.1, -0.05) is 12.1 Å². The minimum absolute atomic E-state index is 0.106. The number of rotatable bonds is 4. The van der Waals surface area contributed by atoms with Crippen LogP contribution in [0.3, 0.4) is 0 Å². The number of hydrogen-bond acceptors (Lipinski definition) is 5. The first-order valence-corrected chi connectivity index (χ1v) is 8.81. The third-order valence-electron chi connectivity index (χ3n) is 4.67. The summed E-state index contributed by atoms with van der Waals surface area (Å²) in [5.74, 6) is -0.773. The molecule has 0 unspecified atom stereocenters. The molecule has 2 aliphatic heterocycles. The van der Waals surface area contributed by atoms with Crippen molar-refractivity contribution in [2.24, 2.45) is 0 Å². The fourth-order valence-corrected chi connectivity index (χ4v) is 3.28. The molecule has 138 valence electrons. The van der Waals surface area contributed by atoms with Gasteiger partial charge in [0.25, 0.3) is 11.8 Å². The first kappa shape index (κ1) is 17.4. The van der Waals surface area contributed by atoms with Crippen LogP contribution in [0.15, 0.2) is 48.5 Å². The molecule has 27 heavy (non-hydrogen) atoms. The van der Waals surface area contributed by atoms with E-state index in [0.29, 0.717) is 42.3 Å². The maximum Gasteiger partial charge on any atom is 0.266 e. The molecule has 2 aliphatic rings. The minimum Gasteiger partial charge on any atom is -0.379 e. The van der Waals surface area contributed by atoms with Gasteiger partial charge in [0.05, 0.1) is 36.6 Å². The number of hydrogen-bond donors (Lipinski definition) is 1. The molecule has 0 saturated carbocycles. The van der Waals surface area contributed by atoms with E-state index in [1.165, 1.54) is 0 Å². The van der Waals surface area contributed by atoms with Gasteiger partial charge in [0.1, 0.15) is 0 Å². The molecule has 3 amide bonds. The lowest BCUT2D eigenvalue weighted by Crippen LogP contribution is -2.41. The molecule has 2 aromatic rings. The summed E-state index contributed by atoms with van der Waals surface area (Å²) < 4.78 is 5.27. The maximum atomic E-state index is 12.5. The lowest BCUT2D eigenvalue weighted by Gasteiger charge is -2.25. The zero-order valence-corrected chi connectivity index (χ0v) is 14.7. The van der Waals surface area contributed by atoms with Crippen molar-refractivity contribution in [1.82, 2.24) is 4.90 Å². The summed E-state index contributed by atoms with van der Waals surface area (Å²) in [6.45, 7) is 3.08. The normalized spacial score (nSPS) is 17.1. The smallest absolute Gasteiger partial charge is 0.266 e. The van der Waals surface area contributed by atoms with Crippen LogP contribution in [0.2, 0.25) is 0 Å². The van der Waals surface area contributed by atoms with Gasteiger partial charge in [0, 0.05) is 18.8 Å².